The van der Waals surface area contributed by atoms with Crippen molar-refractivity contribution < 1.29 is 24.5 Å². The van der Waals surface area contributed by atoms with Crippen LogP contribution in [0.3, 0.4) is 0 Å². The number of alkyl halides is 1. The molecule has 1 aliphatic carbocycles. The van der Waals surface area contributed by atoms with Crippen molar-refractivity contribution in [2.24, 2.45) is 5.92 Å². The van der Waals surface area contributed by atoms with E-state index in [4.69, 9.17) is 21.1 Å². The second-order valence-electron chi connectivity index (χ2n) is 10.5. The van der Waals surface area contributed by atoms with Crippen molar-refractivity contribution in [3.63, 3.8) is 0 Å². The lowest BCUT2D eigenvalue weighted by Crippen LogP contribution is -2.38. The Balaban J connectivity index is 1.38. The Labute approximate surface area is 228 Å². The van der Waals surface area contributed by atoms with Crippen LogP contribution in [0.25, 0.3) is 0 Å². The van der Waals surface area contributed by atoms with Crippen molar-refractivity contribution >= 4 is 17.6 Å². The van der Waals surface area contributed by atoms with Gasteiger partial charge in [-0.2, -0.15) is 0 Å². The summed E-state index contributed by atoms with van der Waals surface area (Å²) in [6.07, 6.45) is 10.8. The number of allylic oxidation sites excluding steroid dienone is 2. The van der Waals surface area contributed by atoms with E-state index in [-0.39, 0.29) is 23.2 Å². The van der Waals surface area contributed by atoms with Gasteiger partial charge in [-0.1, -0.05) is 62.6 Å². The van der Waals surface area contributed by atoms with E-state index in [1.807, 2.05) is 24.3 Å². The minimum atomic E-state index is -0.464. The maximum Gasteiger partial charge on any atom is 0.305 e. The molecule has 37 heavy (non-hydrogen) atoms. The molecule has 0 unspecified atom stereocenters. The smallest absolute Gasteiger partial charge is 0.305 e. The van der Waals surface area contributed by atoms with E-state index >= 15 is 0 Å². The Morgan fingerprint density at radius 2 is 1.95 bits per heavy atom. The number of aliphatic hydroxyl groups is 2. The van der Waals surface area contributed by atoms with Gasteiger partial charge in [0.05, 0.1) is 25.4 Å². The van der Waals surface area contributed by atoms with E-state index in [9.17, 15) is 15.0 Å². The lowest BCUT2D eigenvalue weighted by atomic mass is 9.84. The zero-order chi connectivity index (χ0) is 26.5. The third kappa shape index (κ3) is 9.99. The number of rotatable bonds is 15. The maximum absolute atomic E-state index is 12.0. The molecule has 0 radical (unpaired) electrons. The van der Waals surface area contributed by atoms with E-state index < -0.39 is 12.2 Å². The van der Waals surface area contributed by atoms with Gasteiger partial charge in [-0.15, -0.1) is 11.6 Å². The summed E-state index contributed by atoms with van der Waals surface area (Å²) in [7, 11) is 0. The highest BCUT2D eigenvalue weighted by Gasteiger charge is 2.41. The molecule has 3 rings (SSSR count). The first-order chi connectivity index (χ1) is 18.0. The number of esters is 1. The number of nitrogens with zero attached hydrogens (tertiary/aromatic N) is 1. The van der Waals surface area contributed by atoms with Crippen LogP contribution < -0.4 is 0 Å². The number of morpholine rings is 1. The molecule has 1 saturated heterocycles. The molecule has 0 bridgehead atoms. The first kappa shape index (κ1) is 30.1. The SMILES string of the molecule is CCCCC[C@H](O)c1ccc([C@@H]2[C@@H](C/C=C\CCCC(=O)OCCN3CCOCC3)[C@H](Cl)C[C@H]2O)cc1. The monoisotopic (exact) mass is 535 g/mol. The summed E-state index contributed by atoms with van der Waals surface area (Å²) in [4.78, 5) is 14.2. The van der Waals surface area contributed by atoms with E-state index in [1.54, 1.807) is 0 Å². The third-order valence-electron chi connectivity index (χ3n) is 7.70. The zero-order valence-electron chi connectivity index (χ0n) is 22.4. The molecule has 7 heteroatoms. The van der Waals surface area contributed by atoms with Crippen molar-refractivity contribution in [2.75, 3.05) is 39.5 Å². The highest BCUT2D eigenvalue weighted by atomic mass is 35.5. The Morgan fingerprint density at radius 3 is 2.68 bits per heavy atom. The van der Waals surface area contributed by atoms with Crippen LogP contribution in [0.5, 0.6) is 0 Å². The van der Waals surface area contributed by atoms with Crippen LogP contribution in [0.4, 0.5) is 0 Å². The number of carbonyl (C=O) groups excluding carboxylic acids is 1. The lowest BCUT2D eigenvalue weighted by Gasteiger charge is -2.26. The Hall–Kier alpha value is -1.44. The molecule has 2 N–H and O–H groups in total. The number of ether oxygens (including phenoxy) is 2. The van der Waals surface area contributed by atoms with Crippen molar-refractivity contribution in [3.05, 3.63) is 47.5 Å². The molecule has 1 saturated carbocycles. The van der Waals surface area contributed by atoms with Crippen LogP contribution in [0.2, 0.25) is 0 Å². The second-order valence-corrected chi connectivity index (χ2v) is 11.0. The number of unbranched alkanes of at least 4 members (excludes halogenated alkanes) is 3. The summed E-state index contributed by atoms with van der Waals surface area (Å²) >= 11 is 6.65. The predicted octanol–water partition coefficient (Wildman–Crippen LogP) is 5.36. The van der Waals surface area contributed by atoms with Gasteiger partial charge in [0, 0.05) is 37.4 Å². The Morgan fingerprint density at radius 1 is 1.19 bits per heavy atom. The van der Waals surface area contributed by atoms with E-state index in [0.717, 1.165) is 88.9 Å². The van der Waals surface area contributed by atoms with Gasteiger partial charge < -0.3 is 19.7 Å². The molecule has 1 heterocycles. The van der Waals surface area contributed by atoms with E-state index in [0.29, 0.717) is 19.4 Å². The average molecular weight is 536 g/mol. The molecule has 0 amide bonds. The van der Waals surface area contributed by atoms with Gasteiger partial charge in [-0.05, 0) is 49.1 Å². The van der Waals surface area contributed by atoms with Gasteiger partial charge in [0.25, 0.3) is 0 Å². The molecule has 5 atom stereocenters. The van der Waals surface area contributed by atoms with Crippen LogP contribution in [-0.4, -0.2) is 72.0 Å². The fraction of sp³-hybridized carbons (Fsp3) is 0.700. The summed E-state index contributed by atoms with van der Waals surface area (Å²) in [5, 5.41) is 21.1. The second kappa shape index (κ2) is 16.5. The van der Waals surface area contributed by atoms with Gasteiger partial charge in [0.2, 0.25) is 0 Å². The van der Waals surface area contributed by atoms with Crippen molar-refractivity contribution in [1.82, 2.24) is 4.90 Å². The highest BCUT2D eigenvalue weighted by Crippen LogP contribution is 2.45. The number of carbonyl (C=O) groups is 1. The molecule has 2 fully saturated rings. The van der Waals surface area contributed by atoms with Crippen LogP contribution in [0.1, 0.15) is 87.9 Å². The molecule has 6 nitrogen and oxygen atoms in total. The molecule has 2 aliphatic rings. The number of benzene rings is 1. The van der Waals surface area contributed by atoms with Crippen molar-refractivity contribution in [3.8, 4) is 0 Å². The number of aliphatic hydroxyl groups excluding tert-OH is 2. The minimum absolute atomic E-state index is 0.0140. The Bertz CT molecular complexity index is 811. The Kier molecular flexibility index (Phi) is 13.4. The topological polar surface area (TPSA) is 79.2 Å². The molecular weight excluding hydrogens is 490 g/mol. The summed E-state index contributed by atoms with van der Waals surface area (Å²) in [6, 6.07) is 8.07. The average Bonchev–Trinajstić information content (AvgIpc) is 3.19. The minimum Gasteiger partial charge on any atom is -0.464 e. The third-order valence-corrected chi connectivity index (χ3v) is 8.20. The molecule has 208 valence electrons. The molecule has 0 spiro atoms. The maximum atomic E-state index is 12.0. The molecule has 0 aromatic heterocycles. The van der Waals surface area contributed by atoms with Crippen LogP contribution >= 0.6 is 11.6 Å². The van der Waals surface area contributed by atoms with Gasteiger partial charge in [-0.3, -0.25) is 9.69 Å². The normalized spacial score (nSPS) is 25.5. The van der Waals surface area contributed by atoms with E-state index in [1.165, 1.54) is 0 Å². The fourth-order valence-electron chi connectivity index (χ4n) is 5.44. The lowest BCUT2D eigenvalue weighted by molar-refractivity contribution is -0.144. The van der Waals surface area contributed by atoms with Gasteiger partial charge >= 0.3 is 5.97 Å². The first-order valence-electron chi connectivity index (χ1n) is 14.2. The van der Waals surface area contributed by atoms with Gasteiger partial charge in [-0.25, -0.2) is 0 Å². The number of halogens is 1. The zero-order valence-corrected chi connectivity index (χ0v) is 23.2. The standard InChI is InChI=1S/C30H46ClNO5/c1-2-3-6-10-27(33)23-12-14-24(15-13-23)30-25(26(31)22-28(30)34)9-7-4-5-8-11-29(35)37-21-18-32-16-19-36-20-17-32/h4,7,12-15,25-28,30,33-34H,2-3,5-6,8-11,16-22H2,1H3/b7-4-/t25-,26+,27-,28+,30+/m0/s1. The summed E-state index contributed by atoms with van der Waals surface area (Å²) in [5.74, 6) is -0.00124. The van der Waals surface area contributed by atoms with Crippen LogP contribution in [0.15, 0.2) is 36.4 Å². The molecule has 1 aromatic rings. The quantitative estimate of drug-likeness (QED) is 0.136. The van der Waals surface area contributed by atoms with E-state index in [2.05, 4.69) is 24.0 Å². The predicted molar refractivity (Wildman–Crippen MR) is 148 cm³/mol. The molecule has 1 aromatic carbocycles. The van der Waals surface area contributed by atoms with Crippen molar-refractivity contribution in [2.45, 2.75) is 88.2 Å². The summed E-state index contributed by atoms with van der Waals surface area (Å²) in [5.41, 5.74) is 2.02. The highest BCUT2D eigenvalue weighted by molar-refractivity contribution is 6.21. The largest absolute Gasteiger partial charge is 0.464 e. The molecular formula is C30H46ClNO5. The summed E-state index contributed by atoms with van der Waals surface area (Å²) < 4.78 is 10.7. The molecule has 1 aliphatic heterocycles. The van der Waals surface area contributed by atoms with Crippen LogP contribution in [-0.2, 0) is 14.3 Å². The van der Waals surface area contributed by atoms with Crippen LogP contribution in [0, 0.1) is 5.92 Å². The van der Waals surface area contributed by atoms with Crippen molar-refractivity contribution in [1.29, 1.82) is 0 Å². The number of hydrogen-bond acceptors (Lipinski definition) is 6. The fourth-order valence-corrected chi connectivity index (χ4v) is 5.88. The van der Waals surface area contributed by atoms with Gasteiger partial charge in [0.15, 0.2) is 0 Å². The number of hydrogen-bond donors (Lipinski definition) is 2. The van der Waals surface area contributed by atoms with Gasteiger partial charge in [0.1, 0.15) is 6.61 Å². The first-order valence-corrected chi connectivity index (χ1v) is 14.6. The summed E-state index contributed by atoms with van der Waals surface area (Å²) in [6.45, 7) is 6.68.